The quantitative estimate of drug-likeness (QED) is 0.785. The second-order valence-electron chi connectivity index (χ2n) is 4.16. The Labute approximate surface area is 99.6 Å². The maximum absolute atomic E-state index is 10.8. The van der Waals surface area contributed by atoms with Crippen molar-refractivity contribution in [3.63, 3.8) is 0 Å². The number of hydrogen-bond donors (Lipinski definition) is 2. The summed E-state index contributed by atoms with van der Waals surface area (Å²) < 4.78 is 0. The van der Waals surface area contributed by atoms with E-state index in [-0.39, 0.29) is 6.61 Å². The van der Waals surface area contributed by atoms with Crippen LogP contribution in [-0.4, -0.2) is 11.7 Å². The van der Waals surface area contributed by atoms with Crippen LogP contribution in [0.4, 0.5) is 5.69 Å². The lowest BCUT2D eigenvalue weighted by molar-refractivity contribution is -0.0149. The van der Waals surface area contributed by atoms with Gasteiger partial charge in [-0.15, -0.1) is 0 Å². The van der Waals surface area contributed by atoms with Crippen LogP contribution in [0.3, 0.4) is 0 Å². The van der Waals surface area contributed by atoms with Gasteiger partial charge in [-0.2, -0.15) is 0 Å². The van der Waals surface area contributed by atoms with E-state index < -0.39 is 5.60 Å². The van der Waals surface area contributed by atoms with Crippen LogP contribution >= 0.6 is 0 Å². The summed E-state index contributed by atoms with van der Waals surface area (Å²) in [6, 6.07) is 17.2. The van der Waals surface area contributed by atoms with Crippen molar-refractivity contribution < 1.29 is 9.94 Å². The maximum atomic E-state index is 10.8. The Balaban J connectivity index is 2.16. The van der Waals surface area contributed by atoms with E-state index in [2.05, 4.69) is 5.48 Å². The fourth-order valence-electron chi connectivity index (χ4n) is 2.18. The molecular formula is C14H13NO2. The SMILES string of the molecule is OC1(c2ccccc2)CONc2ccccc21. The zero-order valence-electron chi connectivity index (χ0n) is 9.26. The minimum atomic E-state index is -1.08. The predicted molar refractivity (Wildman–Crippen MR) is 65.5 cm³/mol. The van der Waals surface area contributed by atoms with Gasteiger partial charge < -0.3 is 5.11 Å². The molecule has 0 radical (unpaired) electrons. The molecule has 17 heavy (non-hydrogen) atoms. The second-order valence-corrected chi connectivity index (χ2v) is 4.16. The van der Waals surface area contributed by atoms with E-state index in [1.807, 2.05) is 54.6 Å². The van der Waals surface area contributed by atoms with E-state index in [1.54, 1.807) is 0 Å². The number of nitrogens with one attached hydrogen (secondary N) is 1. The van der Waals surface area contributed by atoms with Crippen LogP contribution in [0.15, 0.2) is 54.6 Å². The molecule has 3 nitrogen and oxygen atoms in total. The molecule has 1 atom stereocenters. The number of fused-ring (bicyclic) bond motifs is 1. The van der Waals surface area contributed by atoms with E-state index in [4.69, 9.17) is 4.84 Å². The molecule has 2 aromatic rings. The van der Waals surface area contributed by atoms with Crippen molar-refractivity contribution in [2.75, 3.05) is 12.1 Å². The van der Waals surface area contributed by atoms with Crippen molar-refractivity contribution in [1.82, 2.24) is 0 Å². The molecule has 1 aliphatic rings. The highest BCUT2D eigenvalue weighted by molar-refractivity contribution is 5.57. The third-order valence-electron chi connectivity index (χ3n) is 3.09. The Hall–Kier alpha value is -1.84. The van der Waals surface area contributed by atoms with Crippen molar-refractivity contribution >= 4 is 5.69 Å². The Kier molecular flexibility index (Phi) is 2.35. The summed E-state index contributed by atoms with van der Waals surface area (Å²) in [5.74, 6) is 0. The highest BCUT2D eigenvalue weighted by atomic mass is 16.7. The van der Waals surface area contributed by atoms with Crippen LogP contribution in [-0.2, 0) is 10.4 Å². The number of para-hydroxylation sites is 1. The van der Waals surface area contributed by atoms with Crippen molar-refractivity contribution in [1.29, 1.82) is 0 Å². The third kappa shape index (κ3) is 1.60. The van der Waals surface area contributed by atoms with Gasteiger partial charge in [-0.25, -0.2) is 0 Å². The van der Waals surface area contributed by atoms with E-state index in [1.165, 1.54) is 0 Å². The lowest BCUT2D eigenvalue weighted by Gasteiger charge is -2.34. The molecule has 0 aromatic heterocycles. The average Bonchev–Trinajstić information content (AvgIpc) is 2.40. The number of rotatable bonds is 1. The van der Waals surface area contributed by atoms with Gasteiger partial charge in [-0.05, 0) is 11.6 Å². The lowest BCUT2D eigenvalue weighted by atomic mass is 9.85. The molecule has 0 bridgehead atoms. The molecule has 0 aliphatic carbocycles. The predicted octanol–water partition coefficient (Wildman–Crippen LogP) is 2.28. The molecule has 2 aromatic carbocycles. The molecule has 2 N–H and O–H groups in total. The van der Waals surface area contributed by atoms with Gasteiger partial charge in [0.15, 0.2) is 0 Å². The fourth-order valence-corrected chi connectivity index (χ4v) is 2.18. The minimum absolute atomic E-state index is 0.202. The van der Waals surface area contributed by atoms with Gasteiger partial charge in [0.25, 0.3) is 0 Å². The minimum Gasteiger partial charge on any atom is -0.378 e. The first-order valence-corrected chi connectivity index (χ1v) is 5.56. The summed E-state index contributed by atoms with van der Waals surface area (Å²) in [6.07, 6.45) is 0. The third-order valence-corrected chi connectivity index (χ3v) is 3.09. The Bertz CT molecular complexity index is 527. The van der Waals surface area contributed by atoms with Crippen LogP contribution in [0, 0.1) is 0 Å². The zero-order chi connectivity index (χ0) is 11.7. The second kappa shape index (κ2) is 3.87. The molecule has 3 heteroatoms. The van der Waals surface area contributed by atoms with Gasteiger partial charge in [0.1, 0.15) is 12.2 Å². The van der Waals surface area contributed by atoms with E-state index in [0.29, 0.717) is 0 Å². The standard InChI is InChI=1S/C14H13NO2/c16-14(11-6-2-1-3-7-11)10-17-15-13-9-5-4-8-12(13)14/h1-9,15-16H,10H2. The van der Waals surface area contributed by atoms with Crippen LogP contribution in [0.5, 0.6) is 0 Å². The smallest absolute Gasteiger partial charge is 0.142 e. The first kappa shape index (κ1) is 10.3. The summed E-state index contributed by atoms with van der Waals surface area (Å²) in [5.41, 5.74) is 4.24. The molecule has 86 valence electrons. The van der Waals surface area contributed by atoms with E-state index in [9.17, 15) is 5.11 Å². The topological polar surface area (TPSA) is 41.5 Å². The van der Waals surface area contributed by atoms with Gasteiger partial charge >= 0.3 is 0 Å². The number of hydrogen-bond acceptors (Lipinski definition) is 3. The molecule has 1 unspecified atom stereocenters. The molecule has 0 fully saturated rings. The first-order chi connectivity index (χ1) is 8.31. The largest absolute Gasteiger partial charge is 0.378 e. The molecule has 0 saturated carbocycles. The van der Waals surface area contributed by atoms with Crippen LogP contribution in [0.1, 0.15) is 11.1 Å². The summed E-state index contributed by atoms with van der Waals surface area (Å²) in [4.78, 5) is 5.27. The summed E-state index contributed by atoms with van der Waals surface area (Å²) in [7, 11) is 0. The lowest BCUT2D eigenvalue weighted by Crippen LogP contribution is -2.38. The summed E-state index contributed by atoms with van der Waals surface area (Å²) in [6.45, 7) is 0.202. The van der Waals surface area contributed by atoms with E-state index >= 15 is 0 Å². The van der Waals surface area contributed by atoms with Gasteiger partial charge in [-0.1, -0.05) is 48.5 Å². The average molecular weight is 227 g/mol. The molecule has 3 rings (SSSR count). The first-order valence-electron chi connectivity index (χ1n) is 5.56. The van der Waals surface area contributed by atoms with Crippen molar-refractivity contribution in [3.8, 4) is 0 Å². The number of benzene rings is 2. The molecular weight excluding hydrogens is 214 g/mol. The monoisotopic (exact) mass is 227 g/mol. The Morgan fingerprint density at radius 1 is 1.00 bits per heavy atom. The molecule has 1 heterocycles. The van der Waals surface area contributed by atoms with Gasteiger partial charge in [0.05, 0.1) is 5.69 Å². The van der Waals surface area contributed by atoms with Crippen molar-refractivity contribution in [2.45, 2.75) is 5.60 Å². The Morgan fingerprint density at radius 2 is 1.71 bits per heavy atom. The Morgan fingerprint density at radius 3 is 2.53 bits per heavy atom. The van der Waals surface area contributed by atoms with E-state index in [0.717, 1.165) is 16.8 Å². The van der Waals surface area contributed by atoms with Crippen LogP contribution < -0.4 is 5.48 Å². The van der Waals surface area contributed by atoms with Crippen molar-refractivity contribution in [2.24, 2.45) is 0 Å². The zero-order valence-corrected chi connectivity index (χ0v) is 9.26. The van der Waals surface area contributed by atoms with Crippen LogP contribution in [0.25, 0.3) is 0 Å². The van der Waals surface area contributed by atoms with Gasteiger partial charge in [0, 0.05) is 5.56 Å². The molecule has 0 saturated heterocycles. The summed E-state index contributed by atoms with van der Waals surface area (Å²) >= 11 is 0. The molecule has 0 spiro atoms. The highest BCUT2D eigenvalue weighted by Gasteiger charge is 2.37. The number of aliphatic hydroxyl groups is 1. The maximum Gasteiger partial charge on any atom is 0.142 e. The normalized spacial score (nSPS) is 22.6. The number of anilines is 1. The summed E-state index contributed by atoms with van der Waals surface area (Å²) in [5, 5.41) is 10.8. The fraction of sp³-hybridized carbons (Fsp3) is 0.143. The van der Waals surface area contributed by atoms with Gasteiger partial charge in [0.2, 0.25) is 0 Å². The van der Waals surface area contributed by atoms with Crippen molar-refractivity contribution in [3.05, 3.63) is 65.7 Å². The molecule has 0 amide bonds. The van der Waals surface area contributed by atoms with Crippen LogP contribution in [0.2, 0.25) is 0 Å². The van der Waals surface area contributed by atoms with Gasteiger partial charge in [-0.3, -0.25) is 10.3 Å². The molecule has 1 aliphatic heterocycles. The highest BCUT2D eigenvalue weighted by Crippen LogP contribution is 2.37.